The Morgan fingerprint density at radius 1 is 1.21 bits per heavy atom. The first-order valence-electron chi connectivity index (χ1n) is 9.33. The molecular weight excluding hydrogens is 354 g/mol. The van der Waals surface area contributed by atoms with E-state index in [-0.39, 0.29) is 12.1 Å². The van der Waals surface area contributed by atoms with Crippen LogP contribution in [-0.4, -0.2) is 28.6 Å². The number of nitrogens with one attached hydrogen (secondary N) is 1. The predicted octanol–water partition coefficient (Wildman–Crippen LogP) is 4.77. The molecule has 144 valence electrons. The molecule has 1 N–H and O–H groups in total. The topological polar surface area (TPSA) is 67.6 Å². The smallest absolute Gasteiger partial charge is 0.322 e. The van der Waals surface area contributed by atoms with Crippen LogP contribution >= 0.6 is 0 Å². The van der Waals surface area contributed by atoms with Crippen LogP contribution in [0.5, 0.6) is 5.75 Å². The number of oxazole rings is 1. The molecule has 6 nitrogen and oxygen atoms in total. The van der Waals surface area contributed by atoms with Crippen LogP contribution in [0.4, 0.5) is 10.5 Å². The average Bonchev–Trinajstić information content (AvgIpc) is 3.04. The van der Waals surface area contributed by atoms with E-state index in [1.807, 2.05) is 63.2 Å². The number of carbonyl (C=O) groups excluding carboxylic acids is 1. The van der Waals surface area contributed by atoms with Crippen molar-refractivity contribution in [3.8, 4) is 17.2 Å². The Labute approximate surface area is 164 Å². The number of aromatic nitrogens is 1. The number of nitrogens with zero attached hydrogens (tertiary/aromatic N) is 2. The molecule has 0 bridgehead atoms. The van der Waals surface area contributed by atoms with Crippen LogP contribution in [0, 0.1) is 13.8 Å². The van der Waals surface area contributed by atoms with Crippen molar-refractivity contribution in [1.82, 2.24) is 9.88 Å². The fourth-order valence-electron chi connectivity index (χ4n) is 3.29. The fourth-order valence-corrected chi connectivity index (χ4v) is 3.29. The predicted molar refractivity (Wildman–Crippen MR) is 107 cm³/mol. The quantitative estimate of drug-likeness (QED) is 0.698. The molecule has 0 saturated heterocycles. The summed E-state index contributed by atoms with van der Waals surface area (Å²) in [5, 5.41) is 3.01. The van der Waals surface area contributed by atoms with Crippen molar-refractivity contribution >= 4 is 11.7 Å². The number of carbonyl (C=O) groups is 1. The van der Waals surface area contributed by atoms with E-state index < -0.39 is 0 Å². The number of hydrogen-bond acceptors (Lipinski definition) is 4. The molecule has 0 fully saturated rings. The lowest BCUT2D eigenvalue weighted by Crippen LogP contribution is -2.42. The maximum atomic E-state index is 13.0. The van der Waals surface area contributed by atoms with Crippen molar-refractivity contribution in [1.29, 1.82) is 0 Å². The Balaban J connectivity index is 1.56. The minimum atomic E-state index is -0.161. The van der Waals surface area contributed by atoms with Gasteiger partial charge >= 0.3 is 6.03 Å². The molecule has 6 heteroatoms. The van der Waals surface area contributed by atoms with E-state index in [4.69, 9.17) is 9.15 Å². The number of hydrogen-bond donors (Lipinski definition) is 1. The fraction of sp³-hybridized carbons (Fsp3) is 0.273. The summed E-state index contributed by atoms with van der Waals surface area (Å²) < 4.78 is 11.4. The van der Waals surface area contributed by atoms with Gasteiger partial charge in [-0.25, -0.2) is 9.78 Å². The maximum Gasteiger partial charge on any atom is 0.322 e. The summed E-state index contributed by atoms with van der Waals surface area (Å²) in [6.45, 7) is 6.82. The van der Waals surface area contributed by atoms with Crippen molar-refractivity contribution in [2.75, 3.05) is 11.9 Å². The average molecular weight is 377 g/mol. The first-order chi connectivity index (χ1) is 13.5. The van der Waals surface area contributed by atoms with Crippen LogP contribution in [0.2, 0.25) is 0 Å². The van der Waals surface area contributed by atoms with Gasteiger partial charge in [0.15, 0.2) is 0 Å². The summed E-state index contributed by atoms with van der Waals surface area (Å²) in [6.07, 6.45) is 1.62. The summed E-state index contributed by atoms with van der Waals surface area (Å²) in [6, 6.07) is 13.4. The molecule has 0 aliphatic carbocycles. The zero-order valence-electron chi connectivity index (χ0n) is 16.2. The third kappa shape index (κ3) is 3.58. The van der Waals surface area contributed by atoms with Gasteiger partial charge in [-0.15, -0.1) is 0 Å². The highest BCUT2D eigenvalue weighted by Crippen LogP contribution is 2.28. The molecule has 1 atom stereocenters. The van der Waals surface area contributed by atoms with Gasteiger partial charge in [0.05, 0.1) is 18.3 Å². The number of urea groups is 1. The second-order valence-electron chi connectivity index (χ2n) is 7.15. The Kier molecular flexibility index (Phi) is 4.77. The Bertz CT molecular complexity index is 1010. The second kappa shape index (κ2) is 7.38. The molecule has 2 aromatic carbocycles. The minimum Gasteiger partial charge on any atom is -0.491 e. The second-order valence-corrected chi connectivity index (χ2v) is 7.15. The number of para-hydroxylation sites is 1. The molecule has 0 unspecified atom stereocenters. The molecule has 2 amide bonds. The van der Waals surface area contributed by atoms with Gasteiger partial charge in [0.2, 0.25) is 5.89 Å². The van der Waals surface area contributed by atoms with Crippen LogP contribution in [0.3, 0.4) is 0 Å². The van der Waals surface area contributed by atoms with Crippen molar-refractivity contribution in [3.05, 3.63) is 65.5 Å². The number of amides is 2. The highest BCUT2D eigenvalue weighted by molar-refractivity contribution is 5.90. The number of aryl methyl sites for hydroxylation is 2. The first kappa shape index (κ1) is 18.1. The van der Waals surface area contributed by atoms with Gasteiger partial charge in [-0.3, -0.25) is 0 Å². The molecular formula is C22H23N3O3. The highest BCUT2D eigenvalue weighted by atomic mass is 16.5. The summed E-state index contributed by atoms with van der Waals surface area (Å²) in [7, 11) is 0. The Morgan fingerprint density at radius 3 is 2.82 bits per heavy atom. The molecule has 1 aliphatic rings. The SMILES string of the molecule is Cc1coc(-c2cc(NC(=O)N3Cc4ccccc4OC[C@@H]3C)ccc2C)n1. The molecule has 3 aromatic rings. The Morgan fingerprint density at radius 2 is 2.04 bits per heavy atom. The zero-order chi connectivity index (χ0) is 19.7. The Hall–Kier alpha value is -3.28. The van der Waals surface area contributed by atoms with E-state index in [9.17, 15) is 4.79 Å². The summed E-state index contributed by atoms with van der Waals surface area (Å²) >= 11 is 0. The highest BCUT2D eigenvalue weighted by Gasteiger charge is 2.25. The van der Waals surface area contributed by atoms with E-state index in [0.29, 0.717) is 24.7 Å². The van der Waals surface area contributed by atoms with Gasteiger partial charge < -0.3 is 19.4 Å². The third-order valence-electron chi connectivity index (χ3n) is 4.92. The summed E-state index contributed by atoms with van der Waals surface area (Å²) in [5.41, 5.74) is 4.42. The number of benzene rings is 2. The minimum absolute atomic E-state index is 0.0493. The van der Waals surface area contributed by atoms with Gasteiger partial charge in [0.25, 0.3) is 0 Å². The molecule has 0 radical (unpaired) electrons. The number of rotatable bonds is 2. The van der Waals surface area contributed by atoms with Gasteiger partial charge in [-0.1, -0.05) is 24.3 Å². The molecule has 0 spiro atoms. The lowest BCUT2D eigenvalue weighted by atomic mass is 10.1. The molecule has 28 heavy (non-hydrogen) atoms. The van der Waals surface area contributed by atoms with E-state index in [1.54, 1.807) is 11.2 Å². The lowest BCUT2D eigenvalue weighted by molar-refractivity contribution is 0.168. The van der Waals surface area contributed by atoms with Crippen molar-refractivity contribution in [2.45, 2.75) is 33.4 Å². The van der Waals surface area contributed by atoms with Crippen LogP contribution in [0.1, 0.15) is 23.7 Å². The van der Waals surface area contributed by atoms with Crippen molar-refractivity contribution in [3.63, 3.8) is 0 Å². The maximum absolute atomic E-state index is 13.0. The first-order valence-corrected chi connectivity index (χ1v) is 9.33. The van der Waals surface area contributed by atoms with Crippen molar-refractivity contribution in [2.24, 2.45) is 0 Å². The summed E-state index contributed by atoms with van der Waals surface area (Å²) in [5.74, 6) is 1.39. The normalized spacial score (nSPS) is 16.1. The van der Waals surface area contributed by atoms with Crippen LogP contribution in [0.25, 0.3) is 11.5 Å². The van der Waals surface area contributed by atoms with Gasteiger partial charge in [-0.2, -0.15) is 0 Å². The van der Waals surface area contributed by atoms with E-state index in [1.165, 1.54) is 0 Å². The zero-order valence-corrected chi connectivity index (χ0v) is 16.2. The number of ether oxygens (including phenoxy) is 1. The van der Waals surface area contributed by atoms with E-state index in [0.717, 1.165) is 28.1 Å². The third-order valence-corrected chi connectivity index (χ3v) is 4.92. The van der Waals surface area contributed by atoms with Crippen LogP contribution in [-0.2, 0) is 6.54 Å². The van der Waals surface area contributed by atoms with Gasteiger partial charge in [0.1, 0.15) is 18.6 Å². The van der Waals surface area contributed by atoms with Crippen LogP contribution < -0.4 is 10.1 Å². The molecule has 0 saturated carbocycles. The monoisotopic (exact) mass is 377 g/mol. The number of anilines is 1. The summed E-state index contributed by atoms with van der Waals surface area (Å²) in [4.78, 5) is 19.2. The lowest BCUT2D eigenvalue weighted by Gasteiger charge is -2.26. The largest absolute Gasteiger partial charge is 0.491 e. The molecule has 1 aromatic heterocycles. The van der Waals surface area contributed by atoms with Crippen LogP contribution in [0.15, 0.2) is 53.1 Å². The molecule has 4 rings (SSSR count). The van der Waals surface area contributed by atoms with E-state index in [2.05, 4.69) is 10.3 Å². The molecule has 1 aliphatic heterocycles. The standard InChI is InChI=1S/C22H23N3O3/c1-14-8-9-18(10-19(14)21-23-15(2)12-28-21)24-22(26)25-11-17-6-4-5-7-20(17)27-13-16(25)3/h4-10,12,16H,11,13H2,1-3H3,(H,24,26)/t16-/m0/s1. The van der Waals surface area contributed by atoms with Crippen molar-refractivity contribution < 1.29 is 13.9 Å². The molecule has 2 heterocycles. The van der Waals surface area contributed by atoms with Gasteiger partial charge in [0, 0.05) is 16.8 Å². The van der Waals surface area contributed by atoms with E-state index >= 15 is 0 Å². The number of fused-ring (bicyclic) bond motifs is 1. The van der Waals surface area contributed by atoms with Gasteiger partial charge in [-0.05, 0) is 44.5 Å².